The number of ether oxygens (including phenoxy) is 1. The van der Waals surface area contributed by atoms with E-state index in [1.807, 2.05) is 20.8 Å². The lowest BCUT2D eigenvalue weighted by molar-refractivity contribution is -0.149. The quantitative estimate of drug-likeness (QED) is 0.355. The lowest BCUT2D eigenvalue weighted by Crippen LogP contribution is -2.21. The van der Waals surface area contributed by atoms with Crippen molar-refractivity contribution in [1.82, 2.24) is 0 Å². The molecule has 0 atom stereocenters. The van der Waals surface area contributed by atoms with Crippen LogP contribution in [0.4, 0.5) is 0 Å². The second-order valence-corrected chi connectivity index (χ2v) is 3.35. The van der Waals surface area contributed by atoms with Gasteiger partial charge in [-0.25, -0.2) is 0 Å². The van der Waals surface area contributed by atoms with E-state index in [4.69, 9.17) is 4.74 Å². The van der Waals surface area contributed by atoms with E-state index in [0.717, 1.165) is 0 Å². The molecule has 0 aromatic carbocycles. The van der Waals surface area contributed by atoms with Crippen molar-refractivity contribution < 1.29 is 9.53 Å². The van der Waals surface area contributed by atoms with Gasteiger partial charge in [-0.1, -0.05) is 6.08 Å². The van der Waals surface area contributed by atoms with Crippen LogP contribution in [0.3, 0.4) is 0 Å². The zero-order valence-corrected chi connectivity index (χ0v) is 7.39. The Morgan fingerprint density at radius 2 is 2.09 bits per heavy atom. The maximum absolute atomic E-state index is 11.1. The number of rotatable bonds is 3. The fraction of sp³-hybridized carbons (Fsp3) is 0.556. The van der Waals surface area contributed by atoms with Crippen molar-refractivity contribution in [3.05, 3.63) is 19.3 Å². The number of carbonyl (C=O) groups is 1. The van der Waals surface area contributed by atoms with Crippen LogP contribution >= 0.6 is 0 Å². The molecule has 0 saturated heterocycles. The Kier molecular flexibility index (Phi) is 3.86. The Morgan fingerprint density at radius 3 is 2.45 bits per heavy atom. The lowest BCUT2D eigenvalue weighted by Gasteiger charge is -2.15. The van der Waals surface area contributed by atoms with Gasteiger partial charge in [0.1, 0.15) is 6.61 Å². The summed E-state index contributed by atoms with van der Waals surface area (Å²) in [6, 6.07) is 0. The SMILES string of the molecule is C=CC[CH]OC(=O)C(C)(C)C. The van der Waals surface area contributed by atoms with Crippen LogP contribution in [0, 0.1) is 12.0 Å². The van der Waals surface area contributed by atoms with E-state index in [-0.39, 0.29) is 5.97 Å². The average molecular weight is 155 g/mol. The Hall–Kier alpha value is -0.790. The second kappa shape index (κ2) is 4.16. The standard InChI is InChI=1S/C9H15O2/c1-5-6-7-11-8(10)9(2,3)4/h5,7H,1,6H2,2-4H3. The molecule has 0 rings (SSSR count). The van der Waals surface area contributed by atoms with E-state index in [1.165, 1.54) is 6.61 Å². The van der Waals surface area contributed by atoms with E-state index >= 15 is 0 Å². The molecule has 0 amide bonds. The highest BCUT2D eigenvalue weighted by Crippen LogP contribution is 2.15. The Labute approximate surface area is 68.2 Å². The molecule has 0 aliphatic rings. The third kappa shape index (κ3) is 4.59. The first-order valence-electron chi connectivity index (χ1n) is 3.62. The Bertz CT molecular complexity index is 142. The monoisotopic (exact) mass is 155 g/mol. The zero-order chi connectivity index (χ0) is 8.91. The van der Waals surface area contributed by atoms with Crippen LogP contribution in [-0.4, -0.2) is 5.97 Å². The second-order valence-electron chi connectivity index (χ2n) is 3.35. The summed E-state index contributed by atoms with van der Waals surface area (Å²) in [6.45, 7) is 10.4. The zero-order valence-electron chi connectivity index (χ0n) is 7.39. The highest BCUT2D eigenvalue weighted by atomic mass is 16.5. The van der Waals surface area contributed by atoms with Crippen LogP contribution in [0.2, 0.25) is 0 Å². The molecular formula is C9H15O2. The first-order chi connectivity index (χ1) is 4.98. The smallest absolute Gasteiger partial charge is 0.311 e. The Morgan fingerprint density at radius 1 is 1.55 bits per heavy atom. The van der Waals surface area contributed by atoms with Crippen LogP contribution < -0.4 is 0 Å². The molecule has 2 nitrogen and oxygen atoms in total. The predicted molar refractivity (Wildman–Crippen MR) is 44.7 cm³/mol. The number of esters is 1. The summed E-state index contributed by atoms with van der Waals surface area (Å²) in [5.74, 6) is -0.209. The van der Waals surface area contributed by atoms with Gasteiger partial charge in [-0.05, 0) is 20.8 Å². The fourth-order valence-electron chi connectivity index (χ4n) is 0.369. The van der Waals surface area contributed by atoms with Crippen molar-refractivity contribution in [3.63, 3.8) is 0 Å². The van der Waals surface area contributed by atoms with Gasteiger partial charge in [-0.3, -0.25) is 4.79 Å². The molecular weight excluding hydrogens is 140 g/mol. The molecule has 0 unspecified atom stereocenters. The normalized spacial score (nSPS) is 10.8. The summed E-state index contributed by atoms with van der Waals surface area (Å²) >= 11 is 0. The van der Waals surface area contributed by atoms with Gasteiger partial charge in [0.25, 0.3) is 0 Å². The predicted octanol–water partition coefficient (Wildman–Crippen LogP) is 2.31. The van der Waals surface area contributed by atoms with Crippen LogP contribution in [0.1, 0.15) is 27.2 Å². The fourth-order valence-corrected chi connectivity index (χ4v) is 0.369. The first kappa shape index (κ1) is 10.2. The summed E-state index contributed by atoms with van der Waals surface area (Å²) in [4.78, 5) is 11.1. The molecule has 2 heteroatoms. The minimum Gasteiger partial charge on any atom is -0.458 e. The molecule has 0 aliphatic heterocycles. The van der Waals surface area contributed by atoms with E-state index in [0.29, 0.717) is 6.42 Å². The summed E-state index contributed by atoms with van der Waals surface area (Å²) in [5, 5.41) is 0. The van der Waals surface area contributed by atoms with Gasteiger partial charge in [0.05, 0.1) is 5.41 Å². The van der Waals surface area contributed by atoms with Crippen molar-refractivity contribution in [2.45, 2.75) is 27.2 Å². The molecule has 1 radical (unpaired) electrons. The molecule has 0 N–H and O–H groups in total. The molecule has 63 valence electrons. The minimum atomic E-state index is -0.419. The molecule has 11 heavy (non-hydrogen) atoms. The molecule has 0 spiro atoms. The maximum Gasteiger partial charge on any atom is 0.311 e. The number of hydrogen-bond acceptors (Lipinski definition) is 2. The van der Waals surface area contributed by atoms with Crippen molar-refractivity contribution in [2.75, 3.05) is 0 Å². The van der Waals surface area contributed by atoms with Crippen LogP contribution in [0.25, 0.3) is 0 Å². The van der Waals surface area contributed by atoms with E-state index in [1.54, 1.807) is 6.08 Å². The van der Waals surface area contributed by atoms with Crippen molar-refractivity contribution >= 4 is 5.97 Å². The van der Waals surface area contributed by atoms with Gasteiger partial charge >= 0.3 is 5.97 Å². The molecule has 0 saturated carbocycles. The highest BCUT2D eigenvalue weighted by molar-refractivity contribution is 5.75. The molecule has 0 aromatic heterocycles. The molecule has 0 bridgehead atoms. The molecule has 0 aliphatic carbocycles. The lowest BCUT2D eigenvalue weighted by atomic mass is 9.97. The summed E-state index contributed by atoms with van der Waals surface area (Å²) in [5.41, 5.74) is -0.419. The van der Waals surface area contributed by atoms with Gasteiger partial charge in [0, 0.05) is 6.42 Å². The van der Waals surface area contributed by atoms with Gasteiger partial charge < -0.3 is 4.74 Å². The van der Waals surface area contributed by atoms with E-state index in [9.17, 15) is 4.79 Å². The van der Waals surface area contributed by atoms with Gasteiger partial charge in [0.2, 0.25) is 0 Å². The topological polar surface area (TPSA) is 26.3 Å². The van der Waals surface area contributed by atoms with Crippen LogP contribution in [-0.2, 0) is 9.53 Å². The number of hydrogen-bond donors (Lipinski definition) is 0. The first-order valence-corrected chi connectivity index (χ1v) is 3.62. The van der Waals surface area contributed by atoms with E-state index in [2.05, 4.69) is 6.58 Å². The number of carbonyl (C=O) groups excluding carboxylic acids is 1. The summed E-state index contributed by atoms with van der Waals surface area (Å²) in [6.07, 6.45) is 2.28. The van der Waals surface area contributed by atoms with Crippen molar-refractivity contribution in [1.29, 1.82) is 0 Å². The van der Waals surface area contributed by atoms with E-state index < -0.39 is 5.41 Å². The van der Waals surface area contributed by atoms with Gasteiger partial charge in [-0.15, -0.1) is 6.58 Å². The van der Waals surface area contributed by atoms with Gasteiger partial charge in [0.15, 0.2) is 0 Å². The molecule has 0 heterocycles. The van der Waals surface area contributed by atoms with Gasteiger partial charge in [-0.2, -0.15) is 0 Å². The Balaban J connectivity index is 3.62. The summed E-state index contributed by atoms with van der Waals surface area (Å²) < 4.78 is 4.81. The van der Waals surface area contributed by atoms with Crippen molar-refractivity contribution in [2.24, 2.45) is 5.41 Å². The minimum absolute atomic E-state index is 0.209. The van der Waals surface area contributed by atoms with Crippen molar-refractivity contribution in [3.8, 4) is 0 Å². The molecule has 0 aromatic rings. The van der Waals surface area contributed by atoms with Crippen LogP contribution in [0.5, 0.6) is 0 Å². The summed E-state index contributed by atoms with van der Waals surface area (Å²) in [7, 11) is 0. The molecule has 0 fully saturated rings. The third-order valence-electron chi connectivity index (χ3n) is 1.07. The largest absolute Gasteiger partial charge is 0.458 e. The average Bonchev–Trinajstić information content (AvgIpc) is 1.86. The third-order valence-corrected chi connectivity index (χ3v) is 1.07. The highest BCUT2D eigenvalue weighted by Gasteiger charge is 2.22. The maximum atomic E-state index is 11.1. The van der Waals surface area contributed by atoms with Crippen LogP contribution in [0.15, 0.2) is 12.7 Å².